The fraction of sp³-hybridized carbons (Fsp3) is 0.143. The van der Waals surface area contributed by atoms with E-state index in [1.807, 2.05) is 0 Å². The number of hydrogen-bond acceptors (Lipinski definition) is 2. The molecule has 0 fully saturated rings. The Labute approximate surface area is 118 Å². The monoisotopic (exact) mass is 301 g/mol. The topological polar surface area (TPSA) is 35.2 Å². The predicted molar refractivity (Wildman–Crippen MR) is 70.4 cm³/mol. The lowest BCUT2D eigenvalue weighted by Gasteiger charge is -2.15. The second-order valence-electron chi connectivity index (χ2n) is 4.16. The van der Waals surface area contributed by atoms with Crippen LogP contribution >= 0.6 is 11.6 Å². The van der Waals surface area contributed by atoms with Gasteiger partial charge in [-0.15, -0.1) is 0 Å². The molecule has 0 spiro atoms. The SMILES string of the molecule is COc1cc(C(N)c2cc(F)c(F)cc2Cl)ccc1F. The molecule has 0 bridgehead atoms. The summed E-state index contributed by atoms with van der Waals surface area (Å²) in [6, 6.07) is 4.96. The molecule has 2 nitrogen and oxygen atoms in total. The van der Waals surface area contributed by atoms with E-state index in [1.165, 1.54) is 25.3 Å². The van der Waals surface area contributed by atoms with E-state index in [1.54, 1.807) is 0 Å². The van der Waals surface area contributed by atoms with Crippen LogP contribution in [0.15, 0.2) is 30.3 Å². The smallest absolute Gasteiger partial charge is 0.165 e. The summed E-state index contributed by atoms with van der Waals surface area (Å²) < 4.78 is 44.5. The minimum absolute atomic E-state index is 0.000285. The molecule has 0 heterocycles. The van der Waals surface area contributed by atoms with Gasteiger partial charge < -0.3 is 10.5 Å². The summed E-state index contributed by atoms with van der Waals surface area (Å²) in [6.07, 6.45) is 0. The van der Waals surface area contributed by atoms with Gasteiger partial charge in [-0.2, -0.15) is 0 Å². The molecular weight excluding hydrogens is 291 g/mol. The van der Waals surface area contributed by atoms with Crippen LogP contribution < -0.4 is 10.5 Å². The van der Waals surface area contributed by atoms with Gasteiger partial charge in [-0.1, -0.05) is 17.7 Å². The third kappa shape index (κ3) is 2.73. The first-order valence-corrected chi connectivity index (χ1v) is 6.05. The van der Waals surface area contributed by atoms with Gasteiger partial charge in [-0.05, 0) is 35.4 Å². The van der Waals surface area contributed by atoms with E-state index in [0.717, 1.165) is 12.1 Å². The van der Waals surface area contributed by atoms with Crippen LogP contribution in [-0.4, -0.2) is 7.11 Å². The fourth-order valence-electron chi connectivity index (χ4n) is 1.83. The van der Waals surface area contributed by atoms with Gasteiger partial charge in [0.1, 0.15) is 0 Å². The number of rotatable bonds is 3. The Morgan fingerprint density at radius 3 is 2.35 bits per heavy atom. The zero-order valence-corrected chi connectivity index (χ0v) is 11.2. The Morgan fingerprint density at radius 2 is 1.70 bits per heavy atom. The van der Waals surface area contributed by atoms with Gasteiger partial charge in [-0.25, -0.2) is 13.2 Å². The molecule has 20 heavy (non-hydrogen) atoms. The Bertz CT molecular complexity index is 649. The molecule has 6 heteroatoms. The van der Waals surface area contributed by atoms with Crippen molar-refractivity contribution in [2.24, 2.45) is 5.73 Å². The highest BCUT2D eigenvalue weighted by molar-refractivity contribution is 6.31. The maximum atomic E-state index is 13.3. The lowest BCUT2D eigenvalue weighted by molar-refractivity contribution is 0.385. The van der Waals surface area contributed by atoms with Crippen LogP contribution in [0, 0.1) is 17.5 Å². The van der Waals surface area contributed by atoms with E-state index in [0.29, 0.717) is 5.56 Å². The second-order valence-corrected chi connectivity index (χ2v) is 4.57. The molecule has 2 aromatic rings. The highest BCUT2D eigenvalue weighted by Crippen LogP contribution is 2.30. The summed E-state index contributed by atoms with van der Waals surface area (Å²) in [6.45, 7) is 0. The summed E-state index contributed by atoms with van der Waals surface area (Å²) in [7, 11) is 1.32. The minimum atomic E-state index is -1.05. The number of benzene rings is 2. The third-order valence-corrected chi connectivity index (χ3v) is 3.24. The summed E-state index contributed by atoms with van der Waals surface area (Å²) in [5.41, 5.74) is 6.63. The molecule has 0 aliphatic heterocycles. The van der Waals surface area contributed by atoms with E-state index in [9.17, 15) is 13.2 Å². The number of methoxy groups -OCH3 is 1. The zero-order valence-electron chi connectivity index (χ0n) is 10.5. The van der Waals surface area contributed by atoms with E-state index >= 15 is 0 Å². The van der Waals surface area contributed by atoms with Gasteiger partial charge in [0.2, 0.25) is 0 Å². The molecule has 0 aliphatic rings. The molecule has 1 unspecified atom stereocenters. The van der Waals surface area contributed by atoms with Crippen LogP contribution in [0.3, 0.4) is 0 Å². The maximum absolute atomic E-state index is 13.3. The quantitative estimate of drug-likeness (QED) is 0.875. The predicted octanol–water partition coefficient (Wildman–Crippen LogP) is 3.81. The van der Waals surface area contributed by atoms with Crippen molar-refractivity contribution in [3.05, 3.63) is 63.9 Å². The van der Waals surface area contributed by atoms with Crippen LogP contribution in [0.2, 0.25) is 5.02 Å². The molecule has 2 rings (SSSR count). The summed E-state index contributed by atoms with van der Waals surface area (Å²) in [5, 5.41) is -0.000285. The average Bonchev–Trinajstić information content (AvgIpc) is 2.42. The van der Waals surface area contributed by atoms with Gasteiger partial charge >= 0.3 is 0 Å². The Morgan fingerprint density at radius 1 is 1.05 bits per heavy atom. The highest BCUT2D eigenvalue weighted by atomic mass is 35.5. The van der Waals surface area contributed by atoms with E-state index in [-0.39, 0.29) is 16.3 Å². The average molecular weight is 302 g/mol. The van der Waals surface area contributed by atoms with Crippen molar-refractivity contribution < 1.29 is 17.9 Å². The van der Waals surface area contributed by atoms with E-state index < -0.39 is 23.5 Å². The van der Waals surface area contributed by atoms with E-state index in [4.69, 9.17) is 22.1 Å². The van der Waals surface area contributed by atoms with Crippen molar-refractivity contribution in [2.75, 3.05) is 7.11 Å². The van der Waals surface area contributed by atoms with Crippen molar-refractivity contribution in [3.8, 4) is 5.75 Å². The lowest BCUT2D eigenvalue weighted by atomic mass is 9.99. The van der Waals surface area contributed by atoms with Crippen LogP contribution in [0.1, 0.15) is 17.2 Å². The van der Waals surface area contributed by atoms with Crippen molar-refractivity contribution in [3.63, 3.8) is 0 Å². The standard InChI is InChI=1S/C14H11ClF3NO/c1-20-13-4-7(2-3-10(13)16)14(19)8-5-11(17)12(18)6-9(8)15/h2-6,14H,19H2,1H3. The first-order valence-electron chi connectivity index (χ1n) is 5.67. The van der Waals surface area contributed by atoms with Gasteiger partial charge in [0.05, 0.1) is 13.2 Å². The highest BCUT2D eigenvalue weighted by Gasteiger charge is 2.17. The number of nitrogens with two attached hydrogens (primary N) is 1. The Hall–Kier alpha value is -1.72. The first kappa shape index (κ1) is 14.7. The first-order chi connectivity index (χ1) is 9.43. The molecular formula is C14H11ClF3NO. The van der Waals surface area contributed by atoms with Crippen molar-refractivity contribution in [1.82, 2.24) is 0 Å². The van der Waals surface area contributed by atoms with Crippen LogP contribution in [0.4, 0.5) is 13.2 Å². The van der Waals surface area contributed by atoms with Gasteiger partial charge in [0.15, 0.2) is 23.2 Å². The lowest BCUT2D eigenvalue weighted by Crippen LogP contribution is -2.13. The second kappa shape index (κ2) is 5.73. The van der Waals surface area contributed by atoms with Gasteiger partial charge in [0.25, 0.3) is 0 Å². The number of halogens is 4. The normalized spacial score (nSPS) is 12.3. The maximum Gasteiger partial charge on any atom is 0.165 e. The molecule has 0 saturated heterocycles. The molecule has 2 aromatic carbocycles. The molecule has 2 N–H and O–H groups in total. The van der Waals surface area contributed by atoms with Gasteiger partial charge in [0, 0.05) is 5.02 Å². The molecule has 0 amide bonds. The number of hydrogen-bond donors (Lipinski definition) is 1. The van der Waals surface area contributed by atoms with Gasteiger partial charge in [-0.3, -0.25) is 0 Å². The van der Waals surface area contributed by atoms with Crippen molar-refractivity contribution in [1.29, 1.82) is 0 Å². The molecule has 0 aromatic heterocycles. The molecule has 106 valence electrons. The van der Waals surface area contributed by atoms with Crippen molar-refractivity contribution in [2.45, 2.75) is 6.04 Å². The number of ether oxygens (including phenoxy) is 1. The Balaban J connectivity index is 2.46. The largest absolute Gasteiger partial charge is 0.494 e. The third-order valence-electron chi connectivity index (χ3n) is 2.91. The molecule has 0 aliphatic carbocycles. The van der Waals surface area contributed by atoms with E-state index in [2.05, 4.69) is 0 Å². The molecule has 0 radical (unpaired) electrons. The van der Waals surface area contributed by atoms with Crippen molar-refractivity contribution >= 4 is 11.6 Å². The molecule has 1 atom stereocenters. The van der Waals surface area contributed by atoms with Crippen LogP contribution in [0.25, 0.3) is 0 Å². The van der Waals surface area contributed by atoms with Crippen LogP contribution in [0.5, 0.6) is 5.75 Å². The summed E-state index contributed by atoms with van der Waals surface area (Å²) in [4.78, 5) is 0. The molecule has 0 saturated carbocycles. The Kier molecular flexibility index (Phi) is 4.20. The summed E-state index contributed by atoms with van der Waals surface area (Å²) >= 11 is 5.86. The minimum Gasteiger partial charge on any atom is -0.494 e. The zero-order chi connectivity index (χ0) is 14.9. The van der Waals surface area contributed by atoms with Crippen LogP contribution in [-0.2, 0) is 0 Å². The summed E-state index contributed by atoms with van der Waals surface area (Å²) in [5.74, 6) is -2.63. The fourth-order valence-corrected chi connectivity index (χ4v) is 2.09.